The van der Waals surface area contributed by atoms with E-state index in [9.17, 15) is 0 Å². The summed E-state index contributed by atoms with van der Waals surface area (Å²) in [5, 5.41) is 0. The van der Waals surface area contributed by atoms with Crippen molar-refractivity contribution in [3.8, 4) is 0 Å². The summed E-state index contributed by atoms with van der Waals surface area (Å²) in [6.07, 6.45) is 6.84. The average Bonchev–Trinajstić information content (AvgIpc) is 2.35. The Balaban J connectivity index is 0.00000180. The summed E-state index contributed by atoms with van der Waals surface area (Å²) < 4.78 is 2.09. The van der Waals surface area contributed by atoms with E-state index in [4.69, 9.17) is 5.73 Å². The Morgan fingerprint density at radius 1 is 1.37 bits per heavy atom. The minimum absolute atomic E-state index is 0. The Kier molecular flexibility index (Phi) is 7.84. The number of rotatable bonds is 4. The molecule has 0 radical (unpaired) electrons. The van der Waals surface area contributed by atoms with Gasteiger partial charge >= 0.3 is 0 Å². The van der Waals surface area contributed by atoms with E-state index >= 15 is 0 Å². The number of aromatic nitrogens is 1. The van der Waals surface area contributed by atoms with Crippen LogP contribution in [-0.4, -0.2) is 29.0 Å². The molecule has 108 valence electrons. The van der Waals surface area contributed by atoms with Crippen molar-refractivity contribution in [2.24, 2.45) is 5.73 Å². The van der Waals surface area contributed by atoms with Crippen LogP contribution < -0.4 is 5.73 Å². The predicted molar refractivity (Wildman–Crippen MR) is 88.6 cm³/mol. The molecule has 0 spiro atoms. The van der Waals surface area contributed by atoms with Crippen molar-refractivity contribution in [2.75, 3.05) is 13.1 Å². The predicted octanol–water partition coefficient (Wildman–Crippen LogP) is 3.73. The lowest BCUT2D eigenvalue weighted by Gasteiger charge is -2.35. The van der Waals surface area contributed by atoms with Crippen LogP contribution in [0.25, 0.3) is 0 Å². The fourth-order valence-corrected chi connectivity index (χ4v) is 3.65. The van der Waals surface area contributed by atoms with Gasteiger partial charge in [0, 0.05) is 27.7 Å². The van der Waals surface area contributed by atoms with Gasteiger partial charge in [-0.05, 0) is 70.3 Å². The van der Waals surface area contributed by atoms with Crippen LogP contribution in [0, 0.1) is 0 Å². The number of likely N-dealkylation sites (tertiary alicyclic amines) is 1. The third-order valence-corrected chi connectivity index (χ3v) is 4.61. The molecule has 3 nitrogen and oxygen atoms in total. The fourth-order valence-electron chi connectivity index (χ4n) is 2.54. The van der Waals surface area contributed by atoms with Crippen molar-refractivity contribution in [1.82, 2.24) is 9.88 Å². The number of nitrogens with zero attached hydrogens (tertiary/aromatic N) is 2. The van der Waals surface area contributed by atoms with E-state index in [0.717, 1.165) is 40.7 Å². The van der Waals surface area contributed by atoms with Crippen molar-refractivity contribution in [2.45, 2.75) is 38.3 Å². The van der Waals surface area contributed by atoms with Crippen LogP contribution >= 0.6 is 44.3 Å². The summed E-state index contributed by atoms with van der Waals surface area (Å²) in [7, 11) is 0. The molecule has 2 N–H and O–H groups in total. The standard InChI is InChI=1S/C13H19Br2N3.ClH/c14-10-7-12(15)13(17-8-10)9-18-6-2-1-3-11(18)4-5-16;/h7-8,11H,1-6,9,16H2;1H. The lowest BCUT2D eigenvalue weighted by atomic mass is 9.99. The first-order chi connectivity index (χ1) is 8.70. The van der Waals surface area contributed by atoms with E-state index in [1.807, 2.05) is 6.20 Å². The van der Waals surface area contributed by atoms with Crippen molar-refractivity contribution in [1.29, 1.82) is 0 Å². The topological polar surface area (TPSA) is 42.1 Å². The van der Waals surface area contributed by atoms with Crippen molar-refractivity contribution in [3.63, 3.8) is 0 Å². The van der Waals surface area contributed by atoms with E-state index in [-0.39, 0.29) is 12.4 Å². The number of halogens is 3. The SMILES string of the molecule is Cl.NCCC1CCCCN1Cc1ncc(Br)cc1Br. The summed E-state index contributed by atoms with van der Waals surface area (Å²) in [6, 6.07) is 2.69. The van der Waals surface area contributed by atoms with Gasteiger partial charge in [0.25, 0.3) is 0 Å². The summed E-state index contributed by atoms with van der Waals surface area (Å²) >= 11 is 7.02. The summed E-state index contributed by atoms with van der Waals surface area (Å²) in [5.41, 5.74) is 6.82. The molecule has 1 saturated heterocycles. The molecular formula is C13H20Br2ClN3. The number of nitrogens with two attached hydrogens (primary N) is 1. The number of hydrogen-bond acceptors (Lipinski definition) is 3. The third-order valence-electron chi connectivity index (χ3n) is 3.49. The monoisotopic (exact) mass is 411 g/mol. The molecule has 1 fully saturated rings. The van der Waals surface area contributed by atoms with Gasteiger partial charge in [0.15, 0.2) is 0 Å². The molecule has 0 bridgehead atoms. The van der Waals surface area contributed by atoms with E-state index < -0.39 is 0 Å². The van der Waals surface area contributed by atoms with Crippen molar-refractivity contribution >= 4 is 44.3 Å². The van der Waals surface area contributed by atoms with Gasteiger partial charge in [0.05, 0.1) is 5.69 Å². The van der Waals surface area contributed by atoms with Crippen LogP contribution in [0.5, 0.6) is 0 Å². The normalized spacial score (nSPS) is 20.1. The molecule has 1 aliphatic heterocycles. The zero-order valence-electron chi connectivity index (χ0n) is 10.8. The fraction of sp³-hybridized carbons (Fsp3) is 0.615. The second kappa shape index (κ2) is 8.57. The highest BCUT2D eigenvalue weighted by molar-refractivity contribution is 9.11. The van der Waals surface area contributed by atoms with Crippen molar-refractivity contribution in [3.05, 3.63) is 26.9 Å². The Bertz CT molecular complexity index is 401. The first-order valence-corrected chi connectivity index (χ1v) is 8.03. The zero-order chi connectivity index (χ0) is 13.0. The van der Waals surface area contributed by atoms with Gasteiger partial charge in [-0.15, -0.1) is 12.4 Å². The Hall–Kier alpha value is 0.320. The molecule has 0 aromatic carbocycles. The van der Waals surface area contributed by atoms with E-state index in [1.165, 1.54) is 19.3 Å². The first-order valence-electron chi connectivity index (χ1n) is 6.44. The average molecular weight is 414 g/mol. The minimum atomic E-state index is 0. The number of piperidine rings is 1. The number of pyridine rings is 1. The molecule has 1 aromatic heterocycles. The molecule has 6 heteroatoms. The molecule has 2 rings (SSSR count). The Labute approximate surface area is 138 Å². The molecule has 1 aliphatic rings. The van der Waals surface area contributed by atoms with Gasteiger partial charge < -0.3 is 5.73 Å². The van der Waals surface area contributed by atoms with Crippen LogP contribution in [0.1, 0.15) is 31.4 Å². The highest BCUT2D eigenvalue weighted by Crippen LogP contribution is 2.25. The molecule has 0 aliphatic carbocycles. The van der Waals surface area contributed by atoms with E-state index in [1.54, 1.807) is 0 Å². The highest BCUT2D eigenvalue weighted by atomic mass is 79.9. The third kappa shape index (κ3) is 4.97. The molecule has 1 aromatic rings. The molecule has 0 saturated carbocycles. The second-order valence-corrected chi connectivity index (χ2v) is 6.55. The molecule has 1 atom stereocenters. The summed E-state index contributed by atoms with van der Waals surface area (Å²) in [6.45, 7) is 2.85. The molecule has 19 heavy (non-hydrogen) atoms. The molecule has 2 heterocycles. The largest absolute Gasteiger partial charge is 0.330 e. The minimum Gasteiger partial charge on any atom is -0.330 e. The van der Waals surface area contributed by atoms with Gasteiger partial charge in [0.1, 0.15) is 0 Å². The van der Waals surface area contributed by atoms with Gasteiger partial charge in [-0.2, -0.15) is 0 Å². The zero-order valence-corrected chi connectivity index (χ0v) is 14.8. The van der Waals surface area contributed by atoms with Crippen molar-refractivity contribution < 1.29 is 0 Å². The highest BCUT2D eigenvalue weighted by Gasteiger charge is 2.22. The van der Waals surface area contributed by atoms with Gasteiger partial charge in [-0.3, -0.25) is 9.88 Å². The lowest BCUT2D eigenvalue weighted by molar-refractivity contribution is 0.132. The second-order valence-electron chi connectivity index (χ2n) is 4.78. The first kappa shape index (κ1) is 17.4. The lowest BCUT2D eigenvalue weighted by Crippen LogP contribution is -2.40. The van der Waals surface area contributed by atoms with Gasteiger partial charge in [-0.1, -0.05) is 6.42 Å². The quantitative estimate of drug-likeness (QED) is 0.818. The van der Waals surface area contributed by atoms with Crippen LogP contribution in [0.4, 0.5) is 0 Å². The van der Waals surface area contributed by atoms with E-state index in [0.29, 0.717) is 6.04 Å². The number of hydrogen-bond donors (Lipinski definition) is 1. The Morgan fingerprint density at radius 2 is 2.16 bits per heavy atom. The van der Waals surface area contributed by atoms with Crippen LogP contribution in [0.15, 0.2) is 21.2 Å². The van der Waals surface area contributed by atoms with Crippen LogP contribution in [0.3, 0.4) is 0 Å². The smallest absolute Gasteiger partial charge is 0.0686 e. The van der Waals surface area contributed by atoms with Crippen LogP contribution in [-0.2, 0) is 6.54 Å². The summed E-state index contributed by atoms with van der Waals surface area (Å²) in [4.78, 5) is 7.02. The molecule has 1 unspecified atom stereocenters. The maximum atomic E-state index is 5.71. The molecule has 0 amide bonds. The van der Waals surface area contributed by atoms with Crippen LogP contribution in [0.2, 0.25) is 0 Å². The Morgan fingerprint density at radius 3 is 2.84 bits per heavy atom. The maximum Gasteiger partial charge on any atom is 0.0686 e. The van der Waals surface area contributed by atoms with Gasteiger partial charge in [0.2, 0.25) is 0 Å². The van der Waals surface area contributed by atoms with E-state index in [2.05, 4.69) is 47.8 Å². The maximum absolute atomic E-state index is 5.71. The molecular weight excluding hydrogens is 393 g/mol. The van der Waals surface area contributed by atoms with Gasteiger partial charge in [-0.25, -0.2) is 0 Å². The summed E-state index contributed by atoms with van der Waals surface area (Å²) in [5.74, 6) is 0.